The summed E-state index contributed by atoms with van der Waals surface area (Å²) >= 11 is 0. The van der Waals surface area contributed by atoms with E-state index in [-0.39, 0.29) is 5.54 Å². The fourth-order valence-electron chi connectivity index (χ4n) is 2.25. The lowest BCUT2D eigenvalue weighted by atomic mass is 9.93. The number of hydrogen-bond acceptors (Lipinski definition) is 1. The van der Waals surface area contributed by atoms with Gasteiger partial charge in [0.2, 0.25) is 0 Å². The maximum Gasteiger partial charge on any atom is 0.0962 e. The lowest BCUT2D eigenvalue weighted by molar-refractivity contribution is 0.179. The Morgan fingerprint density at radius 2 is 2.08 bits per heavy atom. The van der Waals surface area contributed by atoms with Crippen molar-refractivity contribution in [3.63, 3.8) is 0 Å². The van der Waals surface area contributed by atoms with Gasteiger partial charge in [0.05, 0.1) is 5.84 Å². The van der Waals surface area contributed by atoms with E-state index in [0.29, 0.717) is 0 Å². The molecule has 0 amide bonds. The summed E-state index contributed by atoms with van der Waals surface area (Å²) in [6.45, 7) is 7.83. The van der Waals surface area contributed by atoms with Crippen molar-refractivity contribution in [2.24, 2.45) is 0 Å². The van der Waals surface area contributed by atoms with Crippen molar-refractivity contribution in [2.45, 2.75) is 58.4 Å². The van der Waals surface area contributed by atoms with Gasteiger partial charge in [-0.15, -0.1) is 0 Å². The molecule has 0 atom stereocenters. The number of nitrogens with zero attached hydrogens (tertiary/aromatic N) is 1. The van der Waals surface area contributed by atoms with Crippen molar-refractivity contribution in [3.8, 4) is 0 Å². The summed E-state index contributed by atoms with van der Waals surface area (Å²) in [5, 5.41) is 7.91. The number of likely N-dealkylation sites (tertiary alicyclic amines) is 1. The van der Waals surface area contributed by atoms with Gasteiger partial charge in [0, 0.05) is 18.5 Å². The molecular weight excluding hydrogens is 160 g/mol. The van der Waals surface area contributed by atoms with Crippen LogP contribution >= 0.6 is 0 Å². The first-order valence-corrected chi connectivity index (χ1v) is 5.43. The number of amidine groups is 1. The van der Waals surface area contributed by atoms with Gasteiger partial charge in [0.1, 0.15) is 0 Å². The summed E-state index contributed by atoms with van der Waals surface area (Å²) in [5.74, 6) is 0.852. The fraction of sp³-hybridized carbons (Fsp3) is 0.909. The highest BCUT2D eigenvalue weighted by molar-refractivity contribution is 5.80. The zero-order valence-corrected chi connectivity index (χ0v) is 9.19. The van der Waals surface area contributed by atoms with E-state index in [1.54, 1.807) is 0 Å². The van der Waals surface area contributed by atoms with Crippen LogP contribution in [0.1, 0.15) is 52.9 Å². The van der Waals surface area contributed by atoms with Gasteiger partial charge in [0.25, 0.3) is 0 Å². The van der Waals surface area contributed by atoms with Crippen LogP contribution in [0.3, 0.4) is 0 Å². The van der Waals surface area contributed by atoms with E-state index in [1.807, 2.05) is 0 Å². The molecule has 2 nitrogen and oxygen atoms in total. The van der Waals surface area contributed by atoms with Gasteiger partial charge in [-0.05, 0) is 33.1 Å². The van der Waals surface area contributed by atoms with Gasteiger partial charge < -0.3 is 4.90 Å². The molecule has 1 aliphatic heterocycles. The van der Waals surface area contributed by atoms with Gasteiger partial charge >= 0.3 is 0 Å². The molecule has 1 aliphatic rings. The highest BCUT2D eigenvalue weighted by atomic mass is 15.2. The first-order chi connectivity index (χ1) is 6.08. The van der Waals surface area contributed by atoms with Crippen LogP contribution < -0.4 is 0 Å². The Morgan fingerprint density at radius 3 is 2.62 bits per heavy atom. The van der Waals surface area contributed by atoms with E-state index in [0.717, 1.165) is 18.8 Å². The second kappa shape index (κ2) is 4.12. The molecule has 1 saturated heterocycles. The summed E-state index contributed by atoms with van der Waals surface area (Å²) in [5.41, 5.74) is 0.201. The van der Waals surface area contributed by atoms with E-state index in [9.17, 15) is 0 Å². The topological polar surface area (TPSA) is 27.1 Å². The minimum Gasteiger partial charge on any atom is -0.355 e. The molecule has 0 aromatic heterocycles. The molecular formula is C11H22N2. The van der Waals surface area contributed by atoms with Crippen LogP contribution in [0.5, 0.6) is 0 Å². The Hall–Kier alpha value is -0.530. The van der Waals surface area contributed by atoms with Crippen molar-refractivity contribution in [1.29, 1.82) is 5.41 Å². The zero-order valence-electron chi connectivity index (χ0n) is 9.19. The molecule has 13 heavy (non-hydrogen) atoms. The van der Waals surface area contributed by atoms with Gasteiger partial charge in [-0.25, -0.2) is 0 Å². The number of nitrogens with one attached hydrogen (secondary N) is 1. The maximum atomic E-state index is 7.91. The van der Waals surface area contributed by atoms with Crippen molar-refractivity contribution >= 4 is 5.84 Å². The van der Waals surface area contributed by atoms with Gasteiger partial charge in [-0.1, -0.05) is 13.3 Å². The summed E-state index contributed by atoms with van der Waals surface area (Å²) in [6, 6.07) is 0. The van der Waals surface area contributed by atoms with E-state index < -0.39 is 0 Å². The number of rotatable bonds is 3. The zero-order chi connectivity index (χ0) is 9.90. The molecule has 0 aromatic carbocycles. The van der Waals surface area contributed by atoms with Crippen molar-refractivity contribution in [1.82, 2.24) is 4.90 Å². The minimum atomic E-state index is 0.201. The fourth-order valence-corrected chi connectivity index (χ4v) is 2.25. The molecule has 0 saturated carbocycles. The summed E-state index contributed by atoms with van der Waals surface area (Å²) < 4.78 is 0. The Labute approximate surface area is 81.8 Å². The Bertz CT molecular complexity index is 185. The number of piperidine rings is 1. The quantitative estimate of drug-likeness (QED) is 0.713. The highest BCUT2D eigenvalue weighted by Gasteiger charge is 2.29. The molecule has 2 heteroatoms. The molecule has 1 heterocycles. The van der Waals surface area contributed by atoms with Gasteiger partial charge in [-0.3, -0.25) is 5.41 Å². The maximum absolute atomic E-state index is 7.91. The van der Waals surface area contributed by atoms with Crippen molar-refractivity contribution in [3.05, 3.63) is 0 Å². The van der Waals surface area contributed by atoms with Crippen LogP contribution in [0.15, 0.2) is 0 Å². The van der Waals surface area contributed by atoms with Crippen molar-refractivity contribution in [2.75, 3.05) is 6.54 Å². The third-order valence-corrected chi connectivity index (χ3v) is 2.96. The number of hydrogen-bond donors (Lipinski definition) is 1. The van der Waals surface area contributed by atoms with E-state index in [2.05, 4.69) is 25.7 Å². The van der Waals surface area contributed by atoms with Crippen LogP contribution in [0.25, 0.3) is 0 Å². The van der Waals surface area contributed by atoms with E-state index >= 15 is 0 Å². The average molecular weight is 182 g/mol. The third kappa shape index (κ3) is 2.45. The average Bonchev–Trinajstić information content (AvgIpc) is 2.04. The predicted molar refractivity (Wildman–Crippen MR) is 57.3 cm³/mol. The molecule has 1 N–H and O–H groups in total. The monoisotopic (exact) mass is 182 g/mol. The van der Waals surface area contributed by atoms with E-state index in [4.69, 9.17) is 5.41 Å². The smallest absolute Gasteiger partial charge is 0.0962 e. The lowest BCUT2D eigenvalue weighted by Gasteiger charge is -2.43. The molecule has 0 radical (unpaired) electrons. The molecule has 76 valence electrons. The van der Waals surface area contributed by atoms with Crippen LogP contribution in [0.4, 0.5) is 0 Å². The summed E-state index contributed by atoms with van der Waals surface area (Å²) in [4.78, 5) is 2.29. The SMILES string of the molecule is CCCC(C)(C)N1CCCCC1=N. The Balaban J connectivity index is 2.61. The lowest BCUT2D eigenvalue weighted by Crippen LogP contribution is -2.49. The van der Waals surface area contributed by atoms with Crippen LogP contribution in [0, 0.1) is 5.41 Å². The Morgan fingerprint density at radius 1 is 1.38 bits per heavy atom. The summed E-state index contributed by atoms with van der Waals surface area (Å²) in [7, 11) is 0. The molecule has 0 unspecified atom stereocenters. The normalized spacial score (nSPS) is 19.3. The first-order valence-electron chi connectivity index (χ1n) is 5.43. The van der Waals surface area contributed by atoms with Crippen LogP contribution in [-0.4, -0.2) is 22.8 Å². The second-order valence-electron chi connectivity index (χ2n) is 4.62. The molecule has 0 aromatic rings. The van der Waals surface area contributed by atoms with Gasteiger partial charge in [-0.2, -0.15) is 0 Å². The standard InChI is InChI=1S/C11H22N2/c1-4-8-11(2,3)13-9-6-5-7-10(13)12/h12H,4-9H2,1-3H3. The van der Waals surface area contributed by atoms with Crippen molar-refractivity contribution < 1.29 is 0 Å². The first kappa shape index (κ1) is 10.6. The molecule has 0 spiro atoms. The summed E-state index contributed by atoms with van der Waals surface area (Å²) in [6.07, 6.45) is 5.84. The van der Waals surface area contributed by atoms with E-state index in [1.165, 1.54) is 25.7 Å². The highest BCUT2D eigenvalue weighted by Crippen LogP contribution is 2.25. The molecule has 1 fully saturated rings. The largest absolute Gasteiger partial charge is 0.355 e. The Kier molecular flexibility index (Phi) is 3.34. The predicted octanol–water partition coefficient (Wildman–Crippen LogP) is 3.03. The molecule has 1 rings (SSSR count). The molecule has 0 bridgehead atoms. The third-order valence-electron chi connectivity index (χ3n) is 2.96. The second-order valence-corrected chi connectivity index (χ2v) is 4.62. The molecule has 0 aliphatic carbocycles. The van der Waals surface area contributed by atoms with Crippen LogP contribution in [-0.2, 0) is 0 Å². The minimum absolute atomic E-state index is 0.201. The van der Waals surface area contributed by atoms with Crippen LogP contribution in [0.2, 0.25) is 0 Å². The van der Waals surface area contributed by atoms with Gasteiger partial charge in [0.15, 0.2) is 0 Å².